The predicted molar refractivity (Wildman–Crippen MR) is 85.8 cm³/mol. The number of rotatable bonds is 4. The van der Waals surface area contributed by atoms with Gasteiger partial charge in [-0.05, 0) is 38.1 Å². The van der Waals surface area contributed by atoms with Gasteiger partial charge in [0.15, 0.2) is 9.84 Å². The van der Waals surface area contributed by atoms with Gasteiger partial charge in [-0.15, -0.1) is 0 Å². The third kappa shape index (κ3) is 3.64. The summed E-state index contributed by atoms with van der Waals surface area (Å²) in [7, 11) is -3.24. The summed E-state index contributed by atoms with van der Waals surface area (Å²) in [6.45, 7) is 3.79. The zero-order valence-corrected chi connectivity index (χ0v) is 14.1. The lowest BCUT2D eigenvalue weighted by molar-refractivity contribution is 0.164. The highest BCUT2D eigenvalue weighted by molar-refractivity contribution is 7.90. The molecule has 0 radical (unpaired) electrons. The molecule has 0 bridgehead atoms. The van der Waals surface area contributed by atoms with Gasteiger partial charge in [0.25, 0.3) is 0 Å². The van der Waals surface area contributed by atoms with Gasteiger partial charge in [-0.2, -0.15) is 0 Å². The normalized spacial score (nSPS) is 20.3. The van der Waals surface area contributed by atoms with Gasteiger partial charge >= 0.3 is 6.03 Å². The molecule has 8 heteroatoms. The van der Waals surface area contributed by atoms with Crippen molar-refractivity contribution in [3.63, 3.8) is 0 Å². The number of carbonyl (C=O) groups is 1. The second kappa shape index (κ2) is 6.45. The molecule has 2 amide bonds. The molecule has 1 N–H and O–H groups in total. The monoisotopic (exact) mass is 338 g/mol. The Morgan fingerprint density at radius 1 is 1.26 bits per heavy atom. The molecular weight excluding hydrogens is 316 g/mol. The quantitative estimate of drug-likeness (QED) is 0.863. The van der Waals surface area contributed by atoms with Gasteiger partial charge in [0.05, 0.1) is 17.1 Å². The zero-order valence-electron chi connectivity index (χ0n) is 13.2. The predicted octanol–water partition coefficient (Wildman–Crippen LogP) is 0.475. The van der Waals surface area contributed by atoms with Gasteiger partial charge in [-0.3, -0.25) is 4.98 Å². The molecule has 3 rings (SSSR count). The first-order valence-corrected chi connectivity index (χ1v) is 9.75. The van der Waals surface area contributed by atoms with Crippen LogP contribution in [0.15, 0.2) is 23.2 Å². The summed E-state index contributed by atoms with van der Waals surface area (Å²) in [6.07, 6.45) is 4.52. The molecule has 2 fully saturated rings. The number of nitrogens with zero attached hydrogens (tertiary/aromatic N) is 3. The lowest BCUT2D eigenvalue weighted by atomic mass is 10.1. The van der Waals surface area contributed by atoms with Crippen molar-refractivity contribution in [3.05, 3.63) is 24.0 Å². The maximum atomic E-state index is 12.5. The molecule has 0 unspecified atom stereocenters. The van der Waals surface area contributed by atoms with Gasteiger partial charge in [-0.25, -0.2) is 13.2 Å². The fraction of sp³-hybridized carbons (Fsp3) is 0.600. The number of hydrogen-bond donors (Lipinski definition) is 1. The van der Waals surface area contributed by atoms with Crippen molar-refractivity contribution in [2.75, 3.05) is 32.4 Å². The minimum absolute atomic E-state index is 0.0610. The van der Waals surface area contributed by atoms with Crippen LogP contribution in [-0.2, 0) is 16.4 Å². The van der Waals surface area contributed by atoms with Crippen LogP contribution in [0.25, 0.3) is 0 Å². The number of carbonyl (C=O) groups excluding carboxylic acids is 1. The third-order valence-corrected chi connectivity index (χ3v) is 5.55. The van der Waals surface area contributed by atoms with Crippen LogP contribution < -0.4 is 5.32 Å². The van der Waals surface area contributed by atoms with E-state index in [0.717, 1.165) is 38.7 Å². The highest BCUT2D eigenvalue weighted by Crippen LogP contribution is 2.20. The van der Waals surface area contributed by atoms with Gasteiger partial charge < -0.3 is 15.1 Å². The van der Waals surface area contributed by atoms with E-state index in [9.17, 15) is 13.2 Å². The van der Waals surface area contributed by atoms with Gasteiger partial charge in [0, 0.05) is 31.6 Å². The van der Waals surface area contributed by atoms with E-state index >= 15 is 0 Å². The van der Waals surface area contributed by atoms with Crippen LogP contribution in [0.3, 0.4) is 0 Å². The minimum Gasteiger partial charge on any atom is -0.320 e. The maximum absolute atomic E-state index is 12.5. The molecule has 0 aromatic carbocycles. The number of nitrogens with one attached hydrogen (secondary N) is 1. The molecule has 2 aliphatic heterocycles. The molecule has 0 aliphatic carbocycles. The molecule has 1 aromatic heterocycles. The Morgan fingerprint density at radius 3 is 2.61 bits per heavy atom. The average molecular weight is 338 g/mol. The van der Waals surface area contributed by atoms with E-state index in [0.29, 0.717) is 24.8 Å². The van der Waals surface area contributed by atoms with Crippen molar-refractivity contribution < 1.29 is 13.2 Å². The fourth-order valence-corrected chi connectivity index (χ4v) is 3.68. The molecule has 0 atom stereocenters. The van der Waals surface area contributed by atoms with Crippen molar-refractivity contribution in [1.29, 1.82) is 0 Å². The molecule has 23 heavy (non-hydrogen) atoms. The number of urea groups is 1. The van der Waals surface area contributed by atoms with Crippen LogP contribution in [0.1, 0.15) is 18.5 Å². The van der Waals surface area contributed by atoms with Gasteiger partial charge in [0.1, 0.15) is 0 Å². The first kappa shape index (κ1) is 16.2. The first-order valence-electron chi connectivity index (χ1n) is 7.86. The Balaban J connectivity index is 1.63. The molecule has 0 spiro atoms. The van der Waals surface area contributed by atoms with E-state index in [1.807, 2.05) is 4.90 Å². The Hall–Kier alpha value is -1.67. The van der Waals surface area contributed by atoms with Crippen molar-refractivity contribution in [3.8, 4) is 0 Å². The molecular formula is C15H22N4O3S. The molecule has 1 aromatic rings. The number of hydrogen-bond acceptors (Lipinski definition) is 5. The Kier molecular flexibility index (Phi) is 4.54. The maximum Gasteiger partial charge on any atom is 0.320 e. The minimum atomic E-state index is -3.24. The molecule has 2 aliphatic rings. The second-order valence-corrected chi connectivity index (χ2v) is 8.15. The standard InChI is InChI=1S/C15H22N4O3S/c1-23(21,22)14-3-2-12(17-10-14)11-18-8-9-19(15(18)20)13-4-6-16-7-5-13/h2-3,10,13,16H,4-9,11H2,1H3. The smallest absolute Gasteiger partial charge is 0.320 e. The van der Waals surface area contributed by atoms with E-state index in [-0.39, 0.29) is 10.9 Å². The average Bonchev–Trinajstić information content (AvgIpc) is 2.89. The van der Waals surface area contributed by atoms with Gasteiger partial charge in [0.2, 0.25) is 0 Å². The Labute approximate surface area is 136 Å². The summed E-state index contributed by atoms with van der Waals surface area (Å²) in [4.78, 5) is 20.7. The van der Waals surface area contributed by atoms with E-state index < -0.39 is 9.84 Å². The summed E-state index contributed by atoms with van der Waals surface area (Å²) in [5, 5.41) is 3.31. The second-order valence-electron chi connectivity index (χ2n) is 6.14. The van der Waals surface area contributed by atoms with Crippen molar-refractivity contribution in [1.82, 2.24) is 20.1 Å². The van der Waals surface area contributed by atoms with Crippen molar-refractivity contribution >= 4 is 15.9 Å². The van der Waals surface area contributed by atoms with Crippen molar-refractivity contribution in [2.24, 2.45) is 0 Å². The highest BCUT2D eigenvalue weighted by atomic mass is 32.2. The Morgan fingerprint density at radius 2 is 2.00 bits per heavy atom. The van der Waals surface area contributed by atoms with Crippen LogP contribution in [0, 0.1) is 0 Å². The number of amides is 2. The first-order chi connectivity index (χ1) is 10.9. The molecule has 0 saturated carbocycles. The van der Waals surface area contributed by atoms with Crippen LogP contribution >= 0.6 is 0 Å². The van der Waals surface area contributed by atoms with Crippen LogP contribution in [-0.4, -0.2) is 67.7 Å². The summed E-state index contributed by atoms with van der Waals surface area (Å²) in [6, 6.07) is 3.61. The summed E-state index contributed by atoms with van der Waals surface area (Å²) >= 11 is 0. The number of pyridine rings is 1. The number of piperidine rings is 1. The number of aromatic nitrogens is 1. The zero-order chi connectivity index (χ0) is 16.4. The number of sulfone groups is 1. The third-order valence-electron chi connectivity index (χ3n) is 4.46. The van der Waals surface area contributed by atoms with Crippen LogP contribution in [0.4, 0.5) is 4.79 Å². The van der Waals surface area contributed by atoms with E-state index in [2.05, 4.69) is 10.3 Å². The molecule has 2 saturated heterocycles. The van der Waals surface area contributed by atoms with E-state index in [1.165, 1.54) is 6.20 Å². The SMILES string of the molecule is CS(=O)(=O)c1ccc(CN2CCN(C3CCNCC3)C2=O)nc1. The van der Waals surface area contributed by atoms with E-state index in [1.54, 1.807) is 17.0 Å². The Bertz CT molecular complexity index is 668. The summed E-state index contributed by atoms with van der Waals surface area (Å²) in [5.41, 5.74) is 0.706. The van der Waals surface area contributed by atoms with Crippen LogP contribution in [0.5, 0.6) is 0 Å². The van der Waals surface area contributed by atoms with Crippen molar-refractivity contribution in [2.45, 2.75) is 30.3 Å². The molecule has 3 heterocycles. The summed E-state index contributed by atoms with van der Waals surface area (Å²) < 4.78 is 22.9. The molecule has 126 valence electrons. The highest BCUT2D eigenvalue weighted by Gasteiger charge is 2.34. The van der Waals surface area contributed by atoms with Gasteiger partial charge in [-0.1, -0.05) is 0 Å². The lowest BCUT2D eigenvalue weighted by Gasteiger charge is -2.31. The largest absolute Gasteiger partial charge is 0.320 e. The summed E-state index contributed by atoms with van der Waals surface area (Å²) in [5.74, 6) is 0. The topological polar surface area (TPSA) is 82.6 Å². The fourth-order valence-electron chi connectivity index (χ4n) is 3.12. The molecule has 7 nitrogen and oxygen atoms in total. The lowest BCUT2D eigenvalue weighted by Crippen LogP contribution is -2.45. The van der Waals surface area contributed by atoms with Crippen LogP contribution in [0.2, 0.25) is 0 Å². The van der Waals surface area contributed by atoms with E-state index in [4.69, 9.17) is 0 Å².